The normalized spacial score (nSPS) is 12.7. The second kappa shape index (κ2) is 8.00. The zero-order valence-electron chi connectivity index (χ0n) is 10.4. The second-order valence-corrected chi connectivity index (χ2v) is 4.16. The first-order valence-electron chi connectivity index (χ1n) is 5.96. The van der Waals surface area contributed by atoms with Crippen molar-refractivity contribution >= 4 is 0 Å². The first-order valence-corrected chi connectivity index (χ1v) is 5.96. The van der Waals surface area contributed by atoms with Crippen molar-refractivity contribution in [2.45, 2.75) is 32.4 Å². The van der Waals surface area contributed by atoms with Crippen molar-refractivity contribution in [1.29, 1.82) is 0 Å². The van der Waals surface area contributed by atoms with Gasteiger partial charge in [0.15, 0.2) is 0 Å². The number of benzene rings is 1. The van der Waals surface area contributed by atoms with Gasteiger partial charge in [-0.05, 0) is 37.6 Å². The quantitative estimate of drug-likeness (QED) is 0.703. The lowest BCUT2D eigenvalue weighted by Gasteiger charge is -2.08. The third kappa shape index (κ3) is 6.51. The Kier molecular flexibility index (Phi) is 6.60. The van der Waals surface area contributed by atoms with Crippen LogP contribution in [0.3, 0.4) is 0 Å². The molecule has 0 spiro atoms. The third-order valence-electron chi connectivity index (χ3n) is 2.37. The van der Waals surface area contributed by atoms with Crippen molar-refractivity contribution in [1.82, 2.24) is 5.32 Å². The third-order valence-corrected chi connectivity index (χ3v) is 2.37. The molecule has 1 aromatic rings. The van der Waals surface area contributed by atoms with E-state index in [9.17, 15) is 8.78 Å². The number of aliphatic hydroxyl groups is 1. The largest absolute Gasteiger partial charge is 0.488 e. The highest BCUT2D eigenvalue weighted by Gasteiger charge is 2.03. The summed E-state index contributed by atoms with van der Waals surface area (Å²) >= 11 is 0. The summed E-state index contributed by atoms with van der Waals surface area (Å²) in [6.45, 7) is 2.59. The summed E-state index contributed by atoms with van der Waals surface area (Å²) in [6.07, 6.45) is -2.05. The van der Waals surface area contributed by atoms with Gasteiger partial charge in [-0.2, -0.15) is 0 Å². The van der Waals surface area contributed by atoms with Gasteiger partial charge in [-0.25, -0.2) is 8.78 Å². The van der Waals surface area contributed by atoms with E-state index in [2.05, 4.69) is 5.32 Å². The number of hydrogen-bond donors (Lipinski definition) is 2. The molecule has 0 bridgehead atoms. The molecule has 1 atom stereocenters. The van der Waals surface area contributed by atoms with Gasteiger partial charge >= 0.3 is 0 Å². The molecular formula is C13H19F2NO2. The molecule has 0 heterocycles. The SMILES string of the molecule is CC(O)CCNCc1ccc(OCC(F)F)cc1. The fourth-order valence-corrected chi connectivity index (χ4v) is 1.41. The number of rotatable bonds is 8. The Bertz CT molecular complexity index is 328. The summed E-state index contributed by atoms with van der Waals surface area (Å²) in [6, 6.07) is 7.01. The number of aliphatic hydroxyl groups excluding tert-OH is 1. The predicted octanol–water partition coefficient (Wildman–Crippen LogP) is 2.19. The zero-order chi connectivity index (χ0) is 13.4. The van der Waals surface area contributed by atoms with Crippen molar-refractivity contribution in [3.63, 3.8) is 0 Å². The van der Waals surface area contributed by atoms with Crippen LogP contribution in [0.5, 0.6) is 5.75 Å². The van der Waals surface area contributed by atoms with Crippen LogP contribution in [0.2, 0.25) is 0 Å². The lowest BCUT2D eigenvalue weighted by Crippen LogP contribution is -2.18. The Morgan fingerprint density at radius 2 is 1.94 bits per heavy atom. The van der Waals surface area contributed by atoms with Gasteiger partial charge in [-0.1, -0.05) is 12.1 Å². The molecule has 5 heteroatoms. The summed E-state index contributed by atoms with van der Waals surface area (Å²) in [4.78, 5) is 0. The Labute approximate surface area is 106 Å². The number of nitrogens with one attached hydrogen (secondary N) is 1. The molecule has 0 radical (unpaired) electrons. The number of alkyl halides is 2. The molecule has 0 aliphatic carbocycles. The monoisotopic (exact) mass is 259 g/mol. The van der Waals surface area contributed by atoms with Gasteiger partial charge in [-0.15, -0.1) is 0 Å². The standard InChI is InChI=1S/C13H19F2NO2/c1-10(17)6-7-16-8-11-2-4-12(5-3-11)18-9-13(14)15/h2-5,10,13,16-17H,6-9H2,1H3. The minimum Gasteiger partial charge on any atom is -0.488 e. The van der Waals surface area contributed by atoms with Gasteiger partial charge in [0.05, 0.1) is 6.10 Å². The molecule has 0 aliphatic rings. The molecule has 0 aromatic heterocycles. The Hall–Kier alpha value is -1.20. The van der Waals surface area contributed by atoms with Crippen molar-refractivity contribution in [3.8, 4) is 5.75 Å². The fraction of sp³-hybridized carbons (Fsp3) is 0.538. The van der Waals surface area contributed by atoms with E-state index in [1.54, 1.807) is 19.1 Å². The highest BCUT2D eigenvalue weighted by Crippen LogP contribution is 2.13. The van der Waals surface area contributed by atoms with Crippen LogP contribution in [0.15, 0.2) is 24.3 Å². The molecule has 18 heavy (non-hydrogen) atoms. The van der Waals surface area contributed by atoms with E-state index in [0.717, 1.165) is 12.1 Å². The molecule has 0 saturated carbocycles. The highest BCUT2D eigenvalue weighted by molar-refractivity contribution is 5.27. The van der Waals surface area contributed by atoms with Gasteiger partial charge in [0.1, 0.15) is 12.4 Å². The lowest BCUT2D eigenvalue weighted by molar-refractivity contribution is 0.0819. The Morgan fingerprint density at radius 3 is 2.50 bits per heavy atom. The molecule has 0 aliphatic heterocycles. The van der Waals surface area contributed by atoms with Crippen molar-refractivity contribution in [2.24, 2.45) is 0 Å². The van der Waals surface area contributed by atoms with E-state index in [1.165, 1.54) is 0 Å². The Morgan fingerprint density at radius 1 is 1.28 bits per heavy atom. The van der Waals surface area contributed by atoms with E-state index in [0.29, 0.717) is 18.7 Å². The average Bonchev–Trinajstić information content (AvgIpc) is 2.33. The molecule has 0 amide bonds. The van der Waals surface area contributed by atoms with E-state index < -0.39 is 13.0 Å². The van der Waals surface area contributed by atoms with E-state index in [1.807, 2.05) is 12.1 Å². The van der Waals surface area contributed by atoms with Crippen molar-refractivity contribution in [3.05, 3.63) is 29.8 Å². The highest BCUT2D eigenvalue weighted by atomic mass is 19.3. The van der Waals surface area contributed by atoms with Gasteiger partial charge in [0.25, 0.3) is 6.43 Å². The van der Waals surface area contributed by atoms with E-state index in [-0.39, 0.29) is 6.10 Å². The number of halogens is 2. The van der Waals surface area contributed by atoms with Crippen LogP contribution in [0, 0.1) is 0 Å². The van der Waals surface area contributed by atoms with Crippen LogP contribution < -0.4 is 10.1 Å². The molecular weight excluding hydrogens is 240 g/mol. The van der Waals surface area contributed by atoms with Crippen LogP contribution in [0.1, 0.15) is 18.9 Å². The zero-order valence-corrected chi connectivity index (χ0v) is 10.4. The van der Waals surface area contributed by atoms with Gasteiger partial charge < -0.3 is 15.2 Å². The topological polar surface area (TPSA) is 41.5 Å². The molecule has 1 aromatic carbocycles. The van der Waals surface area contributed by atoms with Crippen LogP contribution >= 0.6 is 0 Å². The van der Waals surface area contributed by atoms with E-state index >= 15 is 0 Å². The molecule has 102 valence electrons. The van der Waals surface area contributed by atoms with Crippen molar-refractivity contribution in [2.75, 3.05) is 13.2 Å². The number of ether oxygens (including phenoxy) is 1. The van der Waals surface area contributed by atoms with E-state index in [4.69, 9.17) is 9.84 Å². The minimum atomic E-state index is -2.45. The number of hydrogen-bond acceptors (Lipinski definition) is 3. The summed E-state index contributed by atoms with van der Waals surface area (Å²) in [5.74, 6) is 0.447. The smallest absolute Gasteiger partial charge is 0.272 e. The maximum Gasteiger partial charge on any atom is 0.272 e. The lowest BCUT2D eigenvalue weighted by atomic mass is 10.2. The molecule has 3 nitrogen and oxygen atoms in total. The minimum absolute atomic E-state index is 0.303. The molecule has 0 fully saturated rings. The van der Waals surface area contributed by atoms with Crippen molar-refractivity contribution < 1.29 is 18.6 Å². The van der Waals surface area contributed by atoms with Gasteiger partial charge in [0, 0.05) is 6.54 Å². The van der Waals surface area contributed by atoms with Crippen LogP contribution in [0.4, 0.5) is 8.78 Å². The molecule has 1 rings (SSSR count). The van der Waals surface area contributed by atoms with Crippen LogP contribution in [-0.4, -0.2) is 30.8 Å². The Balaban J connectivity index is 2.27. The van der Waals surface area contributed by atoms with Crippen LogP contribution in [-0.2, 0) is 6.54 Å². The summed E-state index contributed by atoms with van der Waals surface area (Å²) < 4.78 is 28.7. The van der Waals surface area contributed by atoms with Gasteiger partial charge in [-0.3, -0.25) is 0 Å². The first-order chi connectivity index (χ1) is 8.58. The maximum atomic E-state index is 11.9. The van der Waals surface area contributed by atoms with Crippen LogP contribution in [0.25, 0.3) is 0 Å². The summed E-state index contributed by atoms with van der Waals surface area (Å²) in [5, 5.41) is 12.3. The summed E-state index contributed by atoms with van der Waals surface area (Å²) in [7, 11) is 0. The average molecular weight is 259 g/mol. The molecule has 1 unspecified atom stereocenters. The maximum absolute atomic E-state index is 11.9. The fourth-order valence-electron chi connectivity index (χ4n) is 1.41. The summed E-state index contributed by atoms with van der Waals surface area (Å²) in [5.41, 5.74) is 1.05. The first kappa shape index (κ1) is 14.9. The van der Waals surface area contributed by atoms with Gasteiger partial charge in [0.2, 0.25) is 0 Å². The molecule has 0 saturated heterocycles. The molecule has 2 N–H and O–H groups in total. The second-order valence-electron chi connectivity index (χ2n) is 4.16. The predicted molar refractivity (Wildman–Crippen MR) is 65.9 cm³/mol.